The fourth-order valence-corrected chi connectivity index (χ4v) is 2.84. The number of fused-ring (bicyclic) bond motifs is 1. The summed E-state index contributed by atoms with van der Waals surface area (Å²) < 4.78 is 2.34. The predicted molar refractivity (Wildman–Crippen MR) is 73.2 cm³/mol. The zero-order valence-corrected chi connectivity index (χ0v) is 10.4. The van der Waals surface area contributed by atoms with Gasteiger partial charge in [-0.1, -0.05) is 29.8 Å². The van der Waals surface area contributed by atoms with Gasteiger partial charge in [-0.2, -0.15) is 0 Å². The molecule has 0 aliphatic heterocycles. The molecule has 17 heavy (non-hydrogen) atoms. The number of benzene rings is 1. The number of para-hydroxylation sites is 1. The lowest BCUT2D eigenvalue weighted by atomic mass is 10.1. The molecular formula is C16H19N. The molecule has 0 bridgehead atoms. The average molecular weight is 225 g/mol. The van der Waals surface area contributed by atoms with Gasteiger partial charge in [0.05, 0.1) is 0 Å². The van der Waals surface area contributed by atoms with Crippen LogP contribution in [0.25, 0.3) is 10.9 Å². The molecule has 0 N–H and O–H groups in total. The van der Waals surface area contributed by atoms with Crippen LogP contribution in [-0.4, -0.2) is 4.57 Å². The number of aryl methyl sites for hydroxylation is 2. The van der Waals surface area contributed by atoms with E-state index in [0.29, 0.717) is 0 Å². The van der Waals surface area contributed by atoms with Gasteiger partial charge in [-0.25, -0.2) is 0 Å². The third kappa shape index (κ3) is 2.02. The Balaban J connectivity index is 1.82. The Morgan fingerprint density at radius 2 is 2.06 bits per heavy atom. The van der Waals surface area contributed by atoms with E-state index in [0.717, 1.165) is 0 Å². The number of allylic oxidation sites excluding steroid dienone is 2. The first-order valence-corrected chi connectivity index (χ1v) is 6.56. The van der Waals surface area contributed by atoms with Crippen LogP contribution in [0, 0.1) is 0 Å². The van der Waals surface area contributed by atoms with Crippen molar-refractivity contribution in [1.29, 1.82) is 0 Å². The van der Waals surface area contributed by atoms with Gasteiger partial charge in [0.25, 0.3) is 0 Å². The quantitative estimate of drug-likeness (QED) is 0.689. The molecule has 0 unspecified atom stereocenters. The molecule has 1 aliphatic carbocycles. The first-order chi connectivity index (χ1) is 8.34. The lowest BCUT2D eigenvalue weighted by Crippen LogP contribution is -1.96. The molecule has 0 saturated carbocycles. The van der Waals surface area contributed by atoms with Crippen molar-refractivity contribution in [3.8, 4) is 0 Å². The minimum Gasteiger partial charge on any atom is -0.348 e. The van der Waals surface area contributed by atoms with Gasteiger partial charge in [-0.3, -0.25) is 0 Å². The highest BCUT2D eigenvalue weighted by Crippen LogP contribution is 2.24. The second-order valence-corrected chi connectivity index (χ2v) is 5.01. The van der Waals surface area contributed by atoms with Crippen LogP contribution in [0.3, 0.4) is 0 Å². The van der Waals surface area contributed by atoms with Crippen molar-refractivity contribution in [3.63, 3.8) is 0 Å². The minimum atomic E-state index is 1.18. The molecule has 0 saturated heterocycles. The maximum Gasteiger partial charge on any atom is 0.0479 e. The van der Waals surface area contributed by atoms with Crippen LogP contribution >= 0.6 is 0 Å². The lowest BCUT2D eigenvalue weighted by molar-refractivity contribution is 0.790. The maximum atomic E-state index is 2.43. The van der Waals surface area contributed by atoms with Crippen LogP contribution < -0.4 is 0 Å². The number of hydrogen-bond donors (Lipinski definition) is 0. The van der Waals surface area contributed by atoms with E-state index in [1.165, 1.54) is 48.7 Å². The van der Waals surface area contributed by atoms with E-state index in [1.807, 2.05) is 0 Å². The standard InChI is InChI=1S/C16H19N/c1-17-15(11-10-13-6-2-3-7-13)12-14-8-4-5-9-16(14)17/h4-6,8-9,12H,2-3,7,10-11H2,1H3. The Labute approximate surface area is 103 Å². The minimum absolute atomic E-state index is 1.18. The number of hydrogen-bond acceptors (Lipinski definition) is 0. The number of rotatable bonds is 3. The Morgan fingerprint density at radius 1 is 1.18 bits per heavy atom. The van der Waals surface area contributed by atoms with Gasteiger partial charge < -0.3 is 4.57 Å². The summed E-state index contributed by atoms with van der Waals surface area (Å²) >= 11 is 0. The lowest BCUT2D eigenvalue weighted by Gasteiger charge is -2.05. The highest BCUT2D eigenvalue weighted by atomic mass is 14.9. The third-order valence-corrected chi connectivity index (χ3v) is 3.89. The molecule has 0 amide bonds. The molecule has 1 heterocycles. The zero-order valence-electron chi connectivity index (χ0n) is 10.4. The molecule has 0 radical (unpaired) electrons. The van der Waals surface area contributed by atoms with Crippen LogP contribution in [0.4, 0.5) is 0 Å². The molecule has 1 aromatic heterocycles. The zero-order chi connectivity index (χ0) is 11.7. The van der Waals surface area contributed by atoms with Gasteiger partial charge in [0, 0.05) is 18.3 Å². The van der Waals surface area contributed by atoms with Crippen molar-refractivity contribution in [1.82, 2.24) is 4.57 Å². The van der Waals surface area contributed by atoms with Crippen LogP contribution in [-0.2, 0) is 13.5 Å². The Hall–Kier alpha value is -1.50. The molecule has 1 aromatic carbocycles. The summed E-state index contributed by atoms with van der Waals surface area (Å²) in [5.41, 5.74) is 4.47. The van der Waals surface area contributed by atoms with Crippen molar-refractivity contribution in [2.75, 3.05) is 0 Å². The predicted octanol–water partition coefficient (Wildman–Crippen LogP) is 4.22. The second-order valence-electron chi connectivity index (χ2n) is 5.01. The van der Waals surface area contributed by atoms with Gasteiger partial charge >= 0.3 is 0 Å². The summed E-state index contributed by atoms with van der Waals surface area (Å²) in [5, 5.41) is 1.37. The van der Waals surface area contributed by atoms with Gasteiger partial charge in [0.2, 0.25) is 0 Å². The highest BCUT2D eigenvalue weighted by molar-refractivity contribution is 5.81. The molecule has 0 spiro atoms. The van der Waals surface area contributed by atoms with Crippen LogP contribution in [0.1, 0.15) is 31.4 Å². The summed E-state index contributed by atoms with van der Waals surface area (Å²) in [5.74, 6) is 0. The van der Waals surface area contributed by atoms with Crippen molar-refractivity contribution >= 4 is 10.9 Å². The smallest absolute Gasteiger partial charge is 0.0479 e. The van der Waals surface area contributed by atoms with E-state index in [9.17, 15) is 0 Å². The molecule has 1 aliphatic rings. The van der Waals surface area contributed by atoms with E-state index < -0.39 is 0 Å². The number of aromatic nitrogens is 1. The second kappa shape index (κ2) is 4.40. The monoisotopic (exact) mass is 225 g/mol. The van der Waals surface area contributed by atoms with E-state index in [4.69, 9.17) is 0 Å². The topological polar surface area (TPSA) is 4.93 Å². The maximum absolute atomic E-state index is 2.43. The number of nitrogens with zero attached hydrogens (tertiary/aromatic N) is 1. The van der Waals surface area contributed by atoms with Gasteiger partial charge in [0.15, 0.2) is 0 Å². The average Bonchev–Trinajstić information content (AvgIpc) is 2.96. The molecular weight excluding hydrogens is 206 g/mol. The van der Waals surface area contributed by atoms with Crippen molar-refractivity contribution < 1.29 is 0 Å². The fourth-order valence-electron chi connectivity index (χ4n) is 2.84. The van der Waals surface area contributed by atoms with E-state index in [1.54, 1.807) is 5.57 Å². The Kier molecular flexibility index (Phi) is 2.76. The van der Waals surface area contributed by atoms with E-state index in [2.05, 4.69) is 48.0 Å². The molecule has 0 fully saturated rings. The van der Waals surface area contributed by atoms with Crippen LogP contribution in [0.5, 0.6) is 0 Å². The summed E-state index contributed by atoms with van der Waals surface area (Å²) in [6.45, 7) is 0. The van der Waals surface area contributed by atoms with Crippen molar-refractivity contribution in [3.05, 3.63) is 47.7 Å². The Morgan fingerprint density at radius 3 is 2.82 bits per heavy atom. The van der Waals surface area contributed by atoms with Gasteiger partial charge in [0.1, 0.15) is 0 Å². The summed E-state index contributed by atoms with van der Waals surface area (Å²) in [4.78, 5) is 0. The highest BCUT2D eigenvalue weighted by Gasteiger charge is 2.08. The molecule has 2 aromatic rings. The van der Waals surface area contributed by atoms with E-state index >= 15 is 0 Å². The SMILES string of the molecule is Cn1c(CCC2=CCCC2)cc2ccccc21. The molecule has 1 nitrogen and oxygen atoms in total. The van der Waals surface area contributed by atoms with Gasteiger partial charge in [-0.15, -0.1) is 0 Å². The summed E-state index contributed by atoms with van der Waals surface area (Å²) in [6.07, 6.45) is 8.84. The fraction of sp³-hybridized carbons (Fsp3) is 0.375. The van der Waals surface area contributed by atoms with E-state index in [-0.39, 0.29) is 0 Å². The molecule has 3 rings (SSSR count). The third-order valence-electron chi connectivity index (χ3n) is 3.89. The van der Waals surface area contributed by atoms with Gasteiger partial charge in [-0.05, 0) is 49.6 Å². The summed E-state index contributed by atoms with van der Waals surface area (Å²) in [7, 11) is 2.18. The first-order valence-electron chi connectivity index (χ1n) is 6.56. The molecule has 88 valence electrons. The summed E-state index contributed by atoms with van der Waals surface area (Å²) in [6, 6.07) is 11.0. The first kappa shape index (κ1) is 10.6. The van der Waals surface area contributed by atoms with Crippen LogP contribution in [0.15, 0.2) is 42.0 Å². The van der Waals surface area contributed by atoms with Crippen molar-refractivity contribution in [2.24, 2.45) is 7.05 Å². The van der Waals surface area contributed by atoms with Crippen molar-refractivity contribution in [2.45, 2.75) is 32.1 Å². The normalized spacial score (nSPS) is 15.5. The molecule has 1 heteroatoms. The largest absolute Gasteiger partial charge is 0.348 e. The molecule has 0 atom stereocenters. The Bertz CT molecular complexity index is 560. The van der Waals surface area contributed by atoms with Crippen LogP contribution in [0.2, 0.25) is 0 Å².